The van der Waals surface area contributed by atoms with Gasteiger partial charge in [0.2, 0.25) is 5.91 Å². The van der Waals surface area contributed by atoms with Crippen molar-refractivity contribution in [2.75, 3.05) is 46.9 Å². The van der Waals surface area contributed by atoms with Crippen molar-refractivity contribution in [1.29, 1.82) is 0 Å². The Kier molecular flexibility index (Phi) is 11.4. The molecule has 1 N–H and O–H groups in total. The quantitative estimate of drug-likeness (QED) is 0.295. The second kappa shape index (κ2) is 14.1. The molecule has 0 spiro atoms. The van der Waals surface area contributed by atoms with E-state index in [0.717, 1.165) is 44.2 Å². The number of aromatic nitrogens is 1. The van der Waals surface area contributed by atoms with Gasteiger partial charge in [-0.05, 0) is 24.1 Å². The van der Waals surface area contributed by atoms with E-state index < -0.39 is 0 Å². The number of halogens is 1. The van der Waals surface area contributed by atoms with E-state index in [1.54, 1.807) is 18.1 Å². The van der Waals surface area contributed by atoms with E-state index in [0.29, 0.717) is 19.1 Å². The molecule has 1 saturated heterocycles. The van der Waals surface area contributed by atoms with Crippen molar-refractivity contribution in [3.05, 3.63) is 66.0 Å². The van der Waals surface area contributed by atoms with E-state index in [9.17, 15) is 4.79 Å². The van der Waals surface area contributed by atoms with Gasteiger partial charge in [0.1, 0.15) is 0 Å². The van der Waals surface area contributed by atoms with Gasteiger partial charge < -0.3 is 19.9 Å². The minimum atomic E-state index is 0. The van der Waals surface area contributed by atoms with Crippen LogP contribution in [0.1, 0.15) is 17.7 Å². The van der Waals surface area contributed by atoms with Crippen LogP contribution in [0.3, 0.4) is 0 Å². The fourth-order valence-corrected chi connectivity index (χ4v) is 3.65. The molecule has 1 aliphatic rings. The van der Waals surface area contributed by atoms with Crippen LogP contribution in [0.4, 0.5) is 0 Å². The second-order valence-corrected chi connectivity index (χ2v) is 7.89. The molecule has 1 aliphatic heterocycles. The molecule has 174 valence electrons. The molecule has 1 atom stereocenters. The van der Waals surface area contributed by atoms with E-state index in [1.165, 1.54) is 5.56 Å². The molecular formula is C24H34IN5O2. The Bertz CT molecular complexity index is 835. The second-order valence-electron chi connectivity index (χ2n) is 7.89. The van der Waals surface area contributed by atoms with Crippen molar-refractivity contribution in [2.45, 2.75) is 19.4 Å². The van der Waals surface area contributed by atoms with E-state index in [1.807, 2.05) is 43.4 Å². The normalized spacial score (nSPS) is 15.9. The number of rotatable bonds is 9. The largest absolute Gasteiger partial charge is 0.376 e. The standard InChI is InChI=1S/C24H33N5O2.HI/c1-25-24(27-16-23(30)28(2)14-12-22-10-6-7-13-26-22)29-15-11-21(17-29)19-31-18-20-8-4-3-5-9-20;/h3-10,13,21H,11-12,14-19H2,1-2H3,(H,25,27);1H. The highest BCUT2D eigenvalue weighted by Gasteiger charge is 2.25. The third kappa shape index (κ3) is 8.38. The highest BCUT2D eigenvalue weighted by atomic mass is 127. The lowest BCUT2D eigenvalue weighted by molar-refractivity contribution is -0.128. The third-order valence-corrected chi connectivity index (χ3v) is 5.52. The first-order valence-electron chi connectivity index (χ1n) is 10.9. The lowest BCUT2D eigenvalue weighted by Crippen LogP contribution is -2.45. The van der Waals surface area contributed by atoms with Crippen molar-refractivity contribution >= 4 is 35.8 Å². The maximum atomic E-state index is 12.5. The van der Waals surface area contributed by atoms with Crippen molar-refractivity contribution in [1.82, 2.24) is 20.1 Å². The van der Waals surface area contributed by atoms with Crippen LogP contribution in [-0.2, 0) is 22.6 Å². The maximum Gasteiger partial charge on any atom is 0.241 e. The Morgan fingerprint density at radius 2 is 2.03 bits per heavy atom. The minimum Gasteiger partial charge on any atom is -0.376 e. The SMILES string of the molecule is CN=C(NCC(=O)N(C)CCc1ccccn1)N1CCC(COCc2ccccc2)C1.I. The van der Waals surface area contributed by atoms with Gasteiger partial charge in [-0.3, -0.25) is 14.8 Å². The number of nitrogens with zero attached hydrogens (tertiary/aromatic N) is 4. The fourth-order valence-electron chi connectivity index (χ4n) is 3.65. The highest BCUT2D eigenvalue weighted by molar-refractivity contribution is 14.0. The molecule has 8 heteroatoms. The van der Waals surface area contributed by atoms with Gasteiger partial charge in [-0.15, -0.1) is 24.0 Å². The van der Waals surface area contributed by atoms with Crippen molar-refractivity contribution in [3.63, 3.8) is 0 Å². The van der Waals surface area contributed by atoms with Crippen molar-refractivity contribution < 1.29 is 9.53 Å². The van der Waals surface area contributed by atoms with Gasteiger partial charge in [-0.1, -0.05) is 36.4 Å². The molecule has 1 aromatic heterocycles. The summed E-state index contributed by atoms with van der Waals surface area (Å²) in [5.74, 6) is 1.29. The number of pyridine rings is 1. The Morgan fingerprint density at radius 3 is 2.75 bits per heavy atom. The van der Waals surface area contributed by atoms with Crippen LogP contribution >= 0.6 is 24.0 Å². The number of nitrogens with one attached hydrogen (secondary N) is 1. The molecule has 0 saturated carbocycles. The zero-order valence-electron chi connectivity index (χ0n) is 18.9. The average Bonchev–Trinajstić information content (AvgIpc) is 3.28. The number of likely N-dealkylation sites (tertiary alicyclic amines) is 1. The summed E-state index contributed by atoms with van der Waals surface area (Å²) in [7, 11) is 3.59. The Morgan fingerprint density at radius 1 is 1.25 bits per heavy atom. The summed E-state index contributed by atoms with van der Waals surface area (Å²) >= 11 is 0. The number of hydrogen-bond donors (Lipinski definition) is 1. The molecule has 1 aromatic carbocycles. The monoisotopic (exact) mass is 551 g/mol. The van der Waals surface area contributed by atoms with Gasteiger partial charge in [0.25, 0.3) is 0 Å². The van der Waals surface area contributed by atoms with Gasteiger partial charge >= 0.3 is 0 Å². The van der Waals surface area contributed by atoms with Crippen molar-refractivity contribution in [2.24, 2.45) is 10.9 Å². The zero-order valence-corrected chi connectivity index (χ0v) is 21.3. The number of hydrogen-bond acceptors (Lipinski definition) is 4. The summed E-state index contributed by atoms with van der Waals surface area (Å²) in [6, 6.07) is 16.1. The summed E-state index contributed by atoms with van der Waals surface area (Å²) in [5, 5.41) is 3.22. The number of benzene rings is 1. The number of amides is 1. The number of ether oxygens (including phenoxy) is 1. The predicted octanol–water partition coefficient (Wildman–Crippen LogP) is 2.81. The summed E-state index contributed by atoms with van der Waals surface area (Å²) in [6.07, 6.45) is 3.58. The Hall–Kier alpha value is -2.20. The fraction of sp³-hybridized carbons (Fsp3) is 0.458. The molecule has 3 rings (SSSR count). The molecule has 0 radical (unpaired) electrons. The first kappa shape index (κ1) is 26.1. The van der Waals surface area contributed by atoms with Crippen LogP contribution in [0.15, 0.2) is 59.7 Å². The van der Waals surface area contributed by atoms with Crippen LogP contribution in [0.5, 0.6) is 0 Å². The summed E-state index contributed by atoms with van der Waals surface area (Å²) in [4.78, 5) is 25.1. The smallest absolute Gasteiger partial charge is 0.241 e. The van der Waals surface area contributed by atoms with E-state index in [4.69, 9.17) is 4.74 Å². The van der Waals surface area contributed by atoms with Crippen molar-refractivity contribution in [3.8, 4) is 0 Å². The molecule has 32 heavy (non-hydrogen) atoms. The minimum absolute atomic E-state index is 0. The Labute approximate surface area is 208 Å². The van der Waals surface area contributed by atoms with Gasteiger partial charge in [0.15, 0.2) is 5.96 Å². The zero-order chi connectivity index (χ0) is 21.9. The molecule has 7 nitrogen and oxygen atoms in total. The topological polar surface area (TPSA) is 70.1 Å². The summed E-state index contributed by atoms with van der Waals surface area (Å²) < 4.78 is 5.91. The van der Waals surface area contributed by atoms with Gasteiger partial charge in [0, 0.05) is 58.0 Å². The number of carbonyl (C=O) groups excluding carboxylic acids is 1. The van der Waals surface area contributed by atoms with Crippen LogP contribution < -0.4 is 5.32 Å². The first-order chi connectivity index (χ1) is 15.2. The van der Waals surface area contributed by atoms with Crippen LogP contribution in [0.25, 0.3) is 0 Å². The van der Waals surface area contributed by atoms with E-state index >= 15 is 0 Å². The molecule has 1 amide bonds. The lowest BCUT2D eigenvalue weighted by atomic mass is 10.1. The van der Waals surface area contributed by atoms with E-state index in [2.05, 4.69) is 32.3 Å². The average molecular weight is 551 g/mol. The van der Waals surface area contributed by atoms with Gasteiger partial charge in [0.05, 0.1) is 19.8 Å². The lowest BCUT2D eigenvalue weighted by Gasteiger charge is -2.23. The first-order valence-corrected chi connectivity index (χ1v) is 10.9. The van der Waals surface area contributed by atoms with E-state index in [-0.39, 0.29) is 36.4 Å². The van der Waals surface area contributed by atoms with Gasteiger partial charge in [-0.2, -0.15) is 0 Å². The molecule has 0 aliphatic carbocycles. The maximum absolute atomic E-state index is 12.5. The number of aliphatic imine (C=N–C) groups is 1. The van der Waals surface area contributed by atoms with Crippen LogP contribution in [0, 0.1) is 5.92 Å². The molecular weight excluding hydrogens is 517 g/mol. The molecule has 1 fully saturated rings. The Balaban J connectivity index is 0.00000363. The predicted molar refractivity (Wildman–Crippen MR) is 138 cm³/mol. The number of likely N-dealkylation sites (N-methyl/N-ethyl adjacent to an activating group) is 1. The summed E-state index contributed by atoms with van der Waals surface area (Å²) in [5.41, 5.74) is 2.18. The van der Waals surface area contributed by atoms with Crippen LogP contribution in [-0.4, -0.2) is 73.5 Å². The van der Waals surface area contributed by atoms with Crippen LogP contribution in [0.2, 0.25) is 0 Å². The number of carbonyl (C=O) groups is 1. The number of guanidine groups is 1. The molecule has 1 unspecified atom stereocenters. The molecule has 0 bridgehead atoms. The summed E-state index contributed by atoms with van der Waals surface area (Å²) in [6.45, 7) is 4.06. The third-order valence-electron chi connectivity index (χ3n) is 5.52. The molecule has 2 heterocycles. The molecule has 2 aromatic rings. The van der Waals surface area contributed by atoms with Gasteiger partial charge in [-0.25, -0.2) is 0 Å². The highest BCUT2D eigenvalue weighted by Crippen LogP contribution is 2.17.